The van der Waals surface area contributed by atoms with Gasteiger partial charge in [-0.2, -0.15) is 0 Å². The number of hydrogen-bond donors (Lipinski definition) is 1. The average Bonchev–Trinajstić information content (AvgIpc) is 2.59. The van der Waals surface area contributed by atoms with Gasteiger partial charge in [-0.15, -0.1) is 0 Å². The molecule has 16 heavy (non-hydrogen) atoms. The molecule has 0 saturated carbocycles. The van der Waals surface area contributed by atoms with Crippen LogP contribution in [0.4, 0.5) is 5.13 Å². The van der Waals surface area contributed by atoms with Crippen LogP contribution in [0.25, 0.3) is 10.2 Å². The van der Waals surface area contributed by atoms with Gasteiger partial charge >= 0.3 is 0 Å². The van der Waals surface area contributed by atoms with E-state index in [1.165, 1.54) is 11.3 Å². The molecule has 2 aromatic rings. The van der Waals surface area contributed by atoms with Crippen molar-refractivity contribution in [1.29, 1.82) is 0 Å². The lowest BCUT2D eigenvalue weighted by Crippen LogP contribution is -2.03. The maximum Gasteiger partial charge on any atom is 0.181 e. The van der Waals surface area contributed by atoms with E-state index >= 15 is 0 Å². The average molecular weight is 321 g/mol. The van der Waals surface area contributed by atoms with Gasteiger partial charge in [-0.3, -0.25) is 0 Å². The molecule has 0 radical (unpaired) electrons. The van der Waals surface area contributed by atoms with Gasteiger partial charge in [-0.1, -0.05) is 18.3 Å². The van der Waals surface area contributed by atoms with Crippen LogP contribution in [0, 0.1) is 0 Å². The number of rotatable bonds is 2. The molecule has 0 aliphatic rings. The van der Waals surface area contributed by atoms with Crippen LogP contribution in [-0.2, 0) is 9.84 Å². The molecule has 0 amide bonds. The Hall–Kier alpha value is -0.660. The molecule has 1 aromatic carbocycles. The summed E-state index contributed by atoms with van der Waals surface area (Å²) in [6.07, 6.45) is 0. The second kappa shape index (κ2) is 3.97. The van der Waals surface area contributed by atoms with Crippen LogP contribution in [0.5, 0.6) is 0 Å². The van der Waals surface area contributed by atoms with Crippen molar-refractivity contribution in [2.45, 2.75) is 11.8 Å². The van der Waals surface area contributed by atoms with E-state index in [2.05, 4.69) is 20.9 Å². The number of thiazole rings is 1. The zero-order valence-electron chi connectivity index (χ0n) is 8.40. The molecule has 7 heteroatoms. The van der Waals surface area contributed by atoms with Crippen LogP contribution in [-0.4, -0.2) is 19.2 Å². The summed E-state index contributed by atoms with van der Waals surface area (Å²) in [6, 6.07) is 3.19. The minimum absolute atomic E-state index is 0.0826. The van der Waals surface area contributed by atoms with E-state index in [4.69, 9.17) is 5.73 Å². The Labute approximate surface area is 106 Å². The molecular weight excluding hydrogens is 312 g/mol. The third-order valence-corrected chi connectivity index (χ3v) is 5.33. The Morgan fingerprint density at radius 1 is 1.50 bits per heavy atom. The van der Waals surface area contributed by atoms with E-state index < -0.39 is 9.84 Å². The lowest BCUT2D eigenvalue weighted by Gasteiger charge is -2.02. The SMILES string of the molecule is CCS(=O)(=O)c1cc(Br)c2nc(N)sc2c1. The summed E-state index contributed by atoms with van der Waals surface area (Å²) >= 11 is 4.59. The normalized spacial score (nSPS) is 12.1. The summed E-state index contributed by atoms with van der Waals surface area (Å²) < 4.78 is 24.9. The highest BCUT2D eigenvalue weighted by atomic mass is 79.9. The summed E-state index contributed by atoms with van der Waals surface area (Å²) in [6.45, 7) is 1.62. The Morgan fingerprint density at radius 2 is 2.19 bits per heavy atom. The number of nitrogens with two attached hydrogens (primary N) is 1. The minimum Gasteiger partial charge on any atom is -0.375 e. The molecule has 4 nitrogen and oxygen atoms in total. The predicted octanol–water partition coefficient (Wildman–Crippen LogP) is 2.43. The first-order valence-corrected chi connectivity index (χ1v) is 7.78. The number of nitrogen functional groups attached to an aromatic ring is 1. The molecule has 0 bridgehead atoms. The van der Waals surface area contributed by atoms with Crippen LogP contribution < -0.4 is 5.73 Å². The molecule has 0 unspecified atom stereocenters. The molecule has 0 fully saturated rings. The highest BCUT2D eigenvalue weighted by molar-refractivity contribution is 9.10. The first kappa shape index (κ1) is 11.8. The van der Waals surface area contributed by atoms with Crippen molar-refractivity contribution in [2.75, 3.05) is 11.5 Å². The number of aromatic nitrogens is 1. The topological polar surface area (TPSA) is 73.0 Å². The molecule has 1 heterocycles. The third-order valence-electron chi connectivity index (χ3n) is 2.18. The Morgan fingerprint density at radius 3 is 2.81 bits per heavy atom. The van der Waals surface area contributed by atoms with Gasteiger partial charge in [0.2, 0.25) is 0 Å². The molecule has 1 aromatic heterocycles. The predicted molar refractivity (Wildman–Crippen MR) is 69.5 cm³/mol. The fourth-order valence-electron chi connectivity index (χ4n) is 1.33. The van der Waals surface area contributed by atoms with Crippen LogP contribution in [0.1, 0.15) is 6.92 Å². The summed E-state index contributed by atoms with van der Waals surface area (Å²) in [5.74, 6) is 0.0826. The number of hydrogen-bond acceptors (Lipinski definition) is 5. The molecule has 86 valence electrons. The molecule has 0 aliphatic carbocycles. The Kier molecular flexibility index (Phi) is 2.93. The van der Waals surface area contributed by atoms with Gasteiger partial charge in [0, 0.05) is 4.47 Å². The third kappa shape index (κ3) is 1.94. The van der Waals surface area contributed by atoms with Crippen LogP contribution in [0.2, 0.25) is 0 Å². The Bertz CT molecular complexity index is 649. The second-order valence-electron chi connectivity index (χ2n) is 3.21. The standard InChI is InChI=1S/C9H9BrN2O2S2/c1-2-16(13,14)5-3-6(10)8-7(4-5)15-9(11)12-8/h3-4H,2H2,1H3,(H2,11,12). The molecule has 0 spiro atoms. The number of anilines is 1. The zero-order chi connectivity index (χ0) is 11.9. The summed E-state index contributed by atoms with van der Waals surface area (Å²) in [5, 5.41) is 0.432. The number of sulfone groups is 1. The molecule has 0 atom stereocenters. The smallest absolute Gasteiger partial charge is 0.181 e. The van der Waals surface area contributed by atoms with Crippen molar-refractivity contribution < 1.29 is 8.42 Å². The molecule has 0 saturated heterocycles. The highest BCUT2D eigenvalue weighted by Crippen LogP contribution is 2.32. The largest absolute Gasteiger partial charge is 0.375 e. The second-order valence-corrected chi connectivity index (χ2v) is 7.40. The van der Waals surface area contributed by atoms with Crippen LogP contribution in [0.3, 0.4) is 0 Å². The van der Waals surface area contributed by atoms with Crippen molar-refractivity contribution in [3.63, 3.8) is 0 Å². The first-order valence-electron chi connectivity index (χ1n) is 4.52. The van der Waals surface area contributed by atoms with E-state index in [1.54, 1.807) is 19.1 Å². The summed E-state index contributed by atoms with van der Waals surface area (Å²) in [5.41, 5.74) is 6.29. The molecule has 2 rings (SSSR count). The fourth-order valence-corrected chi connectivity index (χ4v) is 3.96. The Balaban J connectivity index is 2.76. The fraction of sp³-hybridized carbons (Fsp3) is 0.222. The zero-order valence-corrected chi connectivity index (χ0v) is 11.6. The number of nitrogens with zero attached hydrogens (tertiary/aromatic N) is 1. The van der Waals surface area contributed by atoms with Crippen LogP contribution in [0.15, 0.2) is 21.5 Å². The molecule has 0 aliphatic heterocycles. The summed E-state index contributed by atoms with van der Waals surface area (Å²) in [4.78, 5) is 4.42. The monoisotopic (exact) mass is 320 g/mol. The van der Waals surface area contributed by atoms with Crippen molar-refractivity contribution >= 4 is 52.5 Å². The number of benzene rings is 1. The van der Waals surface area contributed by atoms with E-state index in [0.717, 1.165) is 4.70 Å². The number of fused-ring (bicyclic) bond motifs is 1. The van der Waals surface area contributed by atoms with Gasteiger partial charge in [0.15, 0.2) is 15.0 Å². The van der Waals surface area contributed by atoms with Gasteiger partial charge in [0.1, 0.15) is 0 Å². The number of halogens is 1. The van der Waals surface area contributed by atoms with Crippen molar-refractivity contribution in [1.82, 2.24) is 4.98 Å². The molecule has 2 N–H and O–H groups in total. The maximum atomic E-state index is 11.7. The lowest BCUT2D eigenvalue weighted by molar-refractivity contribution is 0.597. The van der Waals surface area contributed by atoms with Gasteiger partial charge in [-0.25, -0.2) is 13.4 Å². The van der Waals surface area contributed by atoms with Gasteiger partial charge < -0.3 is 5.73 Å². The quantitative estimate of drug-likeness (QED) is 0.922. The molecular formula is C9H9BrN2O2S2. The van der Waals surface area contributed by atoms with E-state index in [9.17, 15) is 8.42 Å². The van der Waals surface area contributed by atoms with Crippen molar-refractivity contribution in [3.8, 4) is 0 Å². The maximum absolute atomic E-state index is 11.7. The van der Waals surface area contributed by atoms with Gasteiger partial charge in [-0.05, 0) is 28.1 Å². The van der Waals surface area contributed by atoms with E-state index in [1.807, 2.05) is 0 Å². The van der Waals surface area contributed by atoms with E-state index in [0.29, 0.717) is 20.0 Å². The van der Waals surface area contributed by atoms with Crippen LogP contribution >= 0.6 is 27.3 Å². The lowest BCUT2D eigenvalue weighted by atomic mass is 10.3. The summed E-state index contributed by atoms with van der Waals surface area (Å²) in [7, 11) is -3.19. The first-order chi connectivity index (χ1) is 7.44. The van der Waals surface area contributed by atoms with Crippen molar-refractivity contribution in [2.24, 2.45) is 0 Å². The van der Waals surface area contributed by atoms with Gasteiger partial charge in [0.05, 0.1) is 20.9 Å². The van der Waals surface area contributed by atoms with Gasteiger partial charge in [0.25, 0.3) is 0 Å². The van der Waals surface area contributed by atoms with E-state index in [-0.39, 0.29) is 5.75 Å². The highest BCUT2D eigenvalue weighted by Gasteiger charge is 2.15. The van der Waals surface area contributed by atoms with Crippen molar-refractivity contribution in [3.05, 3.63) is 16.6 Å². The minimum atomic E-state index is -3.19.